The number of hydrogen-bond donors (Lipinski definition) is 3. The van der Waals surface area contributed by atoms with Crippen molar-refractivity contribution in [1.82, 2.24) is 15.6 Å². The van der Waals surface area contributed by atoms with Gasteiger partial charge in [0.15, 0.2) is 5.78 Å². The summed E-state index contributed by atoms with van der Waals surface area (Å²) in [5.41, 5.74) is 1.45. The van der Waals surface area contributed by atoms with E-state index in [1.807, 2.05) is 54.6 Å². The van der Waals surface area contributed by atoms with Gasteiger partial charge in [-0.3, -0.25) is 24.0 Å². The molecule has 0 unspecified atom stereocenters. The number of benzene rings is 2. The second-order valence-electron chi connectivity index (χ2n) is 11.7. The standard InChI is InChI=1S/C32H37N3O5/c1-32(2,3)35-31(40)29(38)26(18-22-13-9-15-27(22)36)34-30(39)23(16-20-10-5-4-6-11-20)19-28(37)25-17-21-12-7-8-14-24(21)33-25/h4-8,10-12,14,17,22-23,26,33H,9,13,15-16,18-19H2,1-3H3,(H,34,39)(H,35,40)/t22-,23+,26-/m0/s1. The third-order valence-corrected chi connectivity index (χ3v) is 7.25. The van der Waals surface area contributed by atoms with Gasteiger partial charge in [-0.1, -0.05) is 48.5 Å². The van der Waals surface area contributed by atoms with Gasteiger partial charge in [-0.2, -0.15) is 0 Å². The van der Waals surface area contributed by atoms with E-state index in [2.05, 4.69) is 15.6 Å². The molecule has 210 valence electrons. The molecule has 1 aliphatic carbocycles. The lowest BCUT2D eigenvalue weighted by atomic mass is 9.90. The quantitative estimate of drug-likeness (QED) is 0.245. The van der Waals surface area contributed by atoms with Crippen molar-refractivity contribution in [1.29, 1.82) is 0 Å². The molecule has 3 atom stereocenters. The normalized spacial score (nSPS) is 16.9. The molecule has 2 aromatic carbocycles. The van der Waals surface area contributed by atoms with Crippen molar-refractivity contribution in [2.75, 3.05) is 0 Å². The Balaban J connectivity index is 1.57. The number of Topliss-reactive ketones (excluding diaryl/α,β-unsaturated/α-hetero) is 3. The summed E-state index contributed by atoms with van der Waals surface area (Å²) in [5.74, 6) is -3.47. The molecule has 3 aromatic rings. The summed E-state index contributed by atoms with van der Waals surface area (Å²) >= 11 is 0. The lowest BCUT2D eigenvalue weighted by Crippen LogP contribution is -2.53. The predicted molar refractivity (Wildman–Crippen MR) is 153 cm³/mol. The van der Waals surface area contributed by atoms with Gasteiger partial charge in [0, 0.05) is 41.1 Å². The van der Waals surface area contributed by atoms with Crippen LogP contribution in [0.4, 0.5) is 0 Å². The predicted octanol–water partition coefficient (Wildman–Crippen LogP) is 4.33. The second kappa shape index (κ2) is 12.4. The minimum absolute atomic E-state index is 0.0399. The molecular formula is C32H37N3O5. The molecule has 8 nitrogen and oxygen atoms in total. The molecule has 8 heteroatoms. The van der Waals surface area contributed by atoms with Crippen LogP contribution in [-0.4, -0.2) is 45.7 Å². The minimum Gasteiger partial charge on any atom is -0.352 e. The van der Waals surface area contributed by atoms with Gasteiger partial charge in [-0.25, -0.2) is 0 Å². The zero-order valence-corrected chi connectivity index (χ0v) is 23.3. The maximum Gasteiger partial charge on any atom is 0.290 e. The van der Waals surface area contributed by atoms with E-state index in [4.69, 9.17) is 0 Å². The third-order valence-electron chi connectivity index (χ3n) is 7.25. The zero-order valence-electron chi connectivity index (χ0n) is 23.3. The molecule has 1 saturated carbocycles. The van der Waals surface area contributed by atoms with Gasteiger partial charge in [-0.15, -0.1) is 0 Å². The Morgan fingerprint density at radius 3 is 2.35 bits per heavy atom. The zero-order chi connectivity index (χ0) is 28.9. The number of H-pyrrole nitrogens is 1. The van der Waals surface area contributed by atoms with Crippen LogP contribution in [0.15, 0.2) is 60.7 Å². The second-order valence-corrected chi connectivity index (χ2v) is 11.7. The first-order chi connectivity index (χ1) is 19.0. The molecule has 0 saturated heterocycles. The Morgan fingerprint density at radius 2 is 1.70 bits per heavy atom. The minimum atomic E-state index is -1.16. The number of carbonyl (C=O) groups is 5. The Bertz CT molecular complexity index is 1370. The van der Waals surface area contributed by atoms with Crippen molar-refractivity contribution < 1.29 is 24.0 Å². The average Bonchev–Trinajstić information content (AvgIpc) is 3.53. The van der Waals surface area contributed by atoms with Crippen molar-refractivity contribution in [2.24, 2.45) is 11.8 Å². The van der Waals surface area contributed by atoms with Crippen molar-refractivity contribution >= 4 is 40.1 Å². The van der Waals surface area contributed by atoms with E-state index in [-0.39, 0.29) is 30.8 Å². The molecule has 1 aliphatic rings. The highest BCUT2D eigenvalue weighted by atomic mass is 16.2. The molecule has 1 fully saturated rings. The average molecular weight is 544 g/mol. The molecule has 3 N–H and O–H groups in total. The molecule has 0 aliphatic heterocycles. The van der Waals surface area contributed by atoms with Gasteiger partial charge >= 0.3 is 0 Å². The van der Waals surface area contributed by atoms with Crippen LogP contribution in [-0.2, 0) is 25.6 Å². The van der Waals surface area contributed by atoms with Gasteiger partial charge < -0.3 is 15.6 Å². The van der Waals surface area contributed by atoms with Crippen LogP contribution >= 0.6 is 0 Å². The maximum absolute atomic E-state index is 13.7. The number of aromatic nitrogens is 1. The van der Waals surface area contributed by atoms with Crippen LogP contribution in [0.25, 0.3) is 10.9 Å². The molecule has 1 heterocycles. The van der Waals surface area contributed by atoms with Crippen LogP contribution in [0.2, 0.25) is 0 Å². The number of hydrogen-bond acceptors (Lipinski definition) is 5. The van der Waals surface area contributed by atoms with E-state index < -0.39 is 41.0 Å². The summed E-state index contributed by atoms with van der Waals surface area (Å²) in [4.78, 5) is 68.6. The molecular weight excluding hydrogens is 506 g/mol. The number of rotatable bonds is 11. The van der Waals surface area contributed by atoms with E-state index in [9.17, 15) is 24.0 Å². The summed E-state index contributed by atoms with van der Waals surface area (Å²) in [7, 11) is 0. The molecule has 4 rings (SSSR count). The first-order valence-corrected chi connectivity index (χ1v) is 13.8. The van der Waals surface area contributed by atoms with Gasteiger partial charge in [0.05, 0.1) is 11.7 Å². The number of para-hydroxylation sites is 1. The number of fused-ring (bicyclic) bond motifs is 1. The van der Waals surface area contributed by atoms with E-state index in [0.29, 0.717) is 18.5 Å². The molecule has 0 radical (unpaired) electrons. The van der Waals surface area contributed by atoms with E-state index in [0.717, 1.165) is 22.9 Å². The summed E-state index contributed by atoms with van der Waals surface area (Å²) in [6, 6.07) is 17.5. The highest BCUT2D eigenvalue weighted by Gasteiger charge is 2.36. The van der Waals surface area contributed by atoms with Crippen molar-refractivity contribution in [3.05, 3.63) is 71.9 Å². The van der Waals surface area contributed by atoms with Crippen LogP contribution in [0.5, 0.6) is 0 Å². The smallest absolute Gasteiger partial charge is 0.290 e. The van der Waals surface area contributed by atoms with Crippen molar-refractivity contribution in [2.45, 2.75) is 70.9 Å². The summed E-state index contributed by atoms with van der Waals surface area (Å²) in [5, 5.41) is 6.33. The monoisotopic (exact) mass is 543 g/mol. The van der Waals surface area contributed by atoms with Crippen LogP contribution in [0, 0.1) is 11.8 Å². The molecule has 40 heavy (non-hydrogen) atoms. The Kier molecular flexibility index (Phi) is 8.97. The number of amides is 2. The summed E-state index contributed by atoms with van der Waals surface area (Å²) < 4.78 is 0. The fraction of sp³-hybridized carbons (Fsp3) is 0.406. The van der Waals surface area contributed by atoms with Gasteiger partial charge in [-0.05, 0) is 64.2 Å². The van der Waals surface area contributed by atoms with E-state index >= 15 is 0 Å². The number of carbonyl (C=O) groups excluding carboxylic acids is 5. The van der Waals surface area contributed by atoms with Gasteiger partial charge in [0.25, 0.3) is 5.91 Å². The SMILES string of the molecule is CC(C)(C)NC(=O)C(=O)[C@H](C[C@@H]1CCCC1=O)NC(=O)[C@@H](CC(=O)c1cc2ccccc2[nH]1)Cc1ccccc1. The Morgan fingerprint density at radius 1 is 1.00 bits per heavy atom. The Labute approximate surface area is 234 Å². The van der Waals surface area contributed by atoms with Gasteiger partial charge in [0.1, 0.15) is 5.78 Å². The van der Waals surface area contributed by atoms with E-state index in [1.165, 1.54) is 0 Å². The largest absolute Gasteiger partial charge is 0.352 e. The van der Waals surface area contributed by atoms with Crippen LogP contribution in [0.1, 0.15) is 68.9 Å². The lowest BCUT2D eigenvalue weighted by molar-refractivity contribution is -0.141. The summed E-state index contributed by atoms with van der Waals surface area (Å²) in [6.07, 6.45) is 2.02. The maximum atomic E-state index is 13.7. The highest BCUT2D eigenvalue weighted by Crippen LogP contribution is 2.26. The molecule has 0 spiro atoms. The summed E-state index contributed by atoms with van der Waals surface area (Å²) in [6.45, 7) is 5.29. The molecule has 2 amide bonds. The first kappa shape index (κ1) is 28.9. The number of ketones is 3. The molecule has 1 aromatic heterocycles. The number of nitrogens with one attached hydrogen (secondary N) is 3. The lowest BCUT2D eigenvalue weighted by Gasteiger charge is -2.25. The molecule has 0 bridgehead atoms. The van der Waals surface area contributed by atoms with Gasteiger partial charge in [0.2, 0.25) is 11.7 Å². The first-order valence-electron chi connectivity index (χ1n) is 13.8. The third kappa shape index (κ3) is 7.52. The highest BCUT2D eigenvalue weighted by molar-refractivity contribution is 6.38. The van der Waals surface area contributed by atoms with E-state index in [1.54, 1.807) is 26.8 Å². The fourth-order valence-electron chi connectivity index (χ4n) is 5.22. The van der Waals surface area contributed by atoms with Crippen molar-refractivity contribution in [3.8, 4) is 0 Å². The fourth-order valence-corrected chi connectivity index (χ4v) is 5.22. The van der Waals surface area contributed by atoms with Crippen molar-refractivity contribution in [3.63, 3.8) is 0 Å². The topological polar surface area (TPSA) is 125 Å². The van der Waals surface area contributed by atoms with Crippen LogP contribution < -0.4 is 10.6 Å². The Hall–Kier alpha value is -4.07. The number of aromatic amines is 1. The van der Waals surface area contributed by atoms with Crippen LogP contribution in [0.3, 0.4) is 0 Å².